The van der Waals surface area contributed by atoms with Crippen molar-refractivity contribution in [2.24, 2.45) is 5.10 Å². The number of fused-ring (bicyclic) bond motifs is 2. The first-order valence-electron chi connectivity index (χ1n) is 11.4. The first-order valence-corrected chi connectivity index (χ1v) is 12.2. The molecule has 188 valence electrons. The summed E-state index contributed by atoms with van der Waals surface area (Å²) in [6.45, 7) is 0. The summed E-state index contributed by atoms with van der Waals surface area (Å²) in [5, 5.41) is 5.60. The molecule has 0 atom stereocenters. The number of furan rings is 1. The second-order valence-corrected chi connectivity index (χ2v) is 9.37. The number of hydrogen-bond acceptors (Lipinski definition) is 4. The Hall–Kier alpha value is -4.44. The summed E-state index contributed by atoms with van der Waals surface area (Å²) in [5.41, 5.74) is 0.677. The van der Waals surface area contributed by atoms with Crippen LogP contribution in [0.15, 0.2) is 110 Å². The van der Waals surface area contributed by atoms with Gasteiger partial charge in [0.1, 0.15) is 5.58 Å². The third-order valence-corrected chi connectivity index (χ3v) is 6.48. The zero-order valence-electron chi connectivity index (χ0n) is 19.4. The molecule has 0 amide bonds. The van der Waals surface area contributed by atoms with Crippen LogP contribution in [0.25, 0.3) is 39.1 Å². The molecule has 0 aliphatic carbocycles. The minimum atomic E-state index is -4.47. The van der Waals surface area contributed by atoms with E-state index in [2.05, 4.69) is 26.0 Å². The lowest BCUT2D eigenvalue weighted by Gasteiger charge is -2.11. The maximum atomic E-state index is 13.5. The van der Waals surface area contributed by atoms with Crippen molar-refractivity contribution in [3.8, 4) is 17.3 Å². The van der Waals surface area contributed by atoms with E-state index in [9.17, 15) is 18.0 Å². The largest absolute Gasteiger partial charge is 0.453 e. The Bertz CT molecular complexity index is 1920. The van der Waals surface area contributed by atoms with Crippen LogP contribution in [0.4, 0.5) is 13.2 Å². The highest BCUT2D eigenvalue weighted by Gasteiger charge is 2.30. The average Bonchev–Trinajstić information content (AvgIpc) is 3.54. The molecule has 0 bridgehead atoms. The summed E-state index contributed by atoms with van der Waals surface area (Å²) >= 11 is 3.44. The Labute approximate surface area is 221 Å². The van der Waals surface area contributed by atoms with Gasteiger partial charge >= 0.3 is 6.18 Å². The monoisotopic (exact) mass is 576 g/mol. The van der Waals surface area contributed by atoms with E-state index in [1.807, 2.05) is 12.1 Å². The molecule has 0 unspecified atom stereocenters. The van der Waals surface area contributed by atoms with Gasteiger partial charge in [0.05, 0.1) is 28.4 Å². The number of rotatable bonds is 4. The van der Waals surface area contributed by atoms with E-state index in [0.717, 1.165) is 26.7 Å². The number of nitrogens with zero attached hydrogens (tertiary/aromatic N) is 4. The molecule has 0 spiro atoms. The van der Waals surface area contributed by atoms with Crippen molar-refractivity contribution in [2.75, 3.05) is 0 Å². The molecule has 0 aliphatic heterocycles. The van der Waals surface area contributed by atoms with Crippen molar-refractivity contribution in [3.63, 3.8) is 0 Å². The fraction of sp³-hybridized carbons (Fsp3) is 0.0357. The molecule has 3 heterocycles. The van der Waals surface area contributed by atoms with Gasteiger partial charge in [-0.05, 0) is 66.7 Å². The summed E-state index contributed by atoms with van der Waals surface area (Å²) in [5.74, 6) is 0.529. The van der Waals surface area contributed by atoms with Crippen LogP contribution < -0.4 is 5.56 Å². The molecule has 0 saturated carbocycles. The van der Waals surface area contributed by atoms with Crippen molar-refractivity contribution in [1.29, 1.82) is 0 Å². The quantitative estimate of drug-likeness (QED) is 0.207. The predicted octanol–water partition coefficient (Wildman–Crippen LogP) is 7.26. The SMILES string of the molecule is O=c1c2ccccc2nc(-c2cc3cc(Br)ccc3o2)n1N=Cc1cccn1-c1cccc(C(F)(F)F)c1. The van der Waals surface area contributed by atoms with Crippen molar-refractivity contribution >= 4 is 44.0 Å². The van der Waals surface area contributed by atoms with Gasteiger partial charge in [-0.25, -0.2) is 4.98 Å². The lowest BCUT2D eigenvalue weighted by molar-refractivity contribution is -0.137. The lowest BCUT2D eigenvalue weighted by atomic mass is 10.2. The van der Waals surface area contributed by atoms with E-state index in [0.29, 0.717) is 33.6 Å². The standard InChI is InChI=1S/C28H16BrF3N4O2/c29-19-10-11-24-17(13-19)14-25(38-24)26-34-23-9-2-1-8-22(23)27(37)36(26)33-16-21-7-4-12-35(21)20-6-3-5-18(15-20)28(30,31)32/h1-16H. The lowest BCUT2D eigenvalue weighted by Crippen LogP contribution is -2.20. The van der Waals surface area contributed by atoms with E-state index in [1.54, 1.807) is 65.4 Å². The van der Waals surface area contributed by atoms with Crippen molar-refractivity contribution in [3.05, 3.63) is 117 Å². The number of para-hydroxylation sites is 1. The first kappa shape index (κ1) is 23.9. The molecule has 10 heteroatoms. The van der Waals surface area contributed by atoms with Gasteiger partial charge in [-0.3, -0.25) is 4.79 Å². The number of aromatic nitrogens is 3. The summed E-state index contributed by atoms with van der Waals surface area (Å²) in [4.78, 5) is 18.1. The van der Waals surface area contributed by atoms with Gasteiger partial charge in [-0.2, -0.15) is 22.9 Å². The zero-order chi connectivity index (χ0) is 26.4. The van der Waals surface area contributed by atoms with Gasteiger partial charge in [0.15, 0.2) is 5.76 Å². The number of hydrogen-bond donors (Lipinski definition) is 0. The Morgan fingerprint density at radius 1 is 0.947 bits per heavy atom. The Kier molecular flexibility index (Phi) is 5.76. The van der Waals surface area contributed by atoms with Crippen molar-refractivity contribution in [1.82, 2.24) is 14.2 Å². The number of alkyl halides is 3. The van der Waals surface area contributed by atoms with E-state index in [-0.39, 0.29) is 5.82 Å². The molecule has 6 aromatic rings. The highest BCUT2D eigenvalue weighted by molar-refractivity contribution is 9.10. The molecule has 0 aliphatic rings. The summed E-state index contributed by atoms with van der Waals surface area (Å²) < 4.78 is 49.4. The van der Waals surface area contributed by atoms with Crippen LogP contribution in [0.2, 0.25) is 0 Å². The topological polar surface area (TPSA) is 65.3 Å². The normalized spacial score (nSPS) is 12.2. The third-order valence-electron chi connectivity index (χ3n) is 5.99. The van der Waals surface area contributed by atoms with Gasteiger partial charge < -0.3 is 8.98 Å². The van der Waals surface area contributed by atoms with Gasteiger partial charge in [0.2, 0.25) is 5.82 Å². The van der Waals surface area contributed by atoms with Crippen molar-refractivity contribution < 1.29 is 17.6 Å². The molecule has 3 aromatic carbocycles. The average molecular weight is 577 g/mol. The summed E-state index contributed by atoms with van der Waals surface area (Å²) in [7, 11) is 0. The molecule has 0 radical (unpaired) electrons. The van der Waals surface area contributed by atoms with Crippen LogP contribution >= 0.6 is 15.9 Å². The smallest absolute Gasteiger partial charge is 0.416 e. The van der Waals surface area contributed by atoms with E-state index in [1.165, 1.54) is 12.3 Å². The number of halogens is 4. The van der Waals surface area contributed by atoms with Crippen LogP contribution in [0.5, 0.6) is 0 Å². The zero-order valence-corrected chi connectivity index (χ0v) is 20.9. The van der Waals surface area contributed by atoms with Crippen LogP contribution in [0.1, 0.15) is 11.3 Å². The van der Waals surface area contributed by atoms with Crippen LogP contribution in [-0.2, 0) is 6.18 Å². The third kappa shape index (κ3) is 4.32. The Morgan fingerprint density at radius 2 is 1.79 bits per heavy atom. The van der Waals surface area contributed by atoms with E-state index >= 15 is 0 Å². The molecular weight excluding hydrogens is 561 g/mol. The molecule has 0 saturated heterocycles. The fourth-order valence-electron chi connectivity index (χ4n) is 4.20. The fourth-order valence-corrected chi connectivity index (χ4v) is 4.58. The molecule has 0 fully saturated rings. The Balaban J connectivity index is 1.49. The minimum absolute atomic E-state index is 0.189. The highest BCUT2D eigenvalue weighted by atomic mass is 79.9. The van der Waals surface area contributed by atoms with Crippen LogP contribution in [0, 0.1) is 0 Å². The predicted molar refractivity (Wildman–Crippen MR) is 143 cm³/mol. The van der Waals surface area contributed by atoms with Crippen LogP contribution in [0.3, 0.4) is 0 Å². The molecule has 0 N–H and O–H groups in total. The van der Waals surface area contributed by atoms with Crippen molar-refractivity contribution in [2.45, 2.75) is 6.18 Å². The summed E-state index contributed by atoms with van der Waals surface area (Å²) in [6, 6.07) is 22.5. The van der Waals surface area contributed by atoms with E-state index < -0.39 is 17.3 Å². The molecule has 38 heavy (non-hydrogen) atoms. The van der Waals surface area contributed by atoms with Gasteiger partial charge in [0.25, 0.3) is 5.56 Å². The maximum Gasteiger partial charge on any atom is 0.416 e. The Morgan fingerprint density at radius 3 is 2.63 bits per heavy atom. The van der Waals surface area contributed by atoms with Crippen LogP contribution in [-0.4, -0.2) is 20.4 Å². The molecule has 3 aromatic heterocycles. The van der Waals surface area contributed by atoms with Gasteiger partial charge in [-0.15, -0.1) is 0 Å². The number of benzene rings is 3. The second kappa shape index (κ2) is 9.14. The summed E-state index contributed by atoms with van der Waals surface area (Å²) in [6.07, 6.45) is -1.45. The first-order chi connectivity index (χ1) is 18.3. The molecular formula is C28H16BrF3N4O2. The highest BCUT2D eigenvalue weighted by Crippen LogP contribution is 2.31. The molecule has 6 nitrogen and oxygen atoms in total. The van der Waals surface area contributed by atoms with Gasteiger partial charge in [-0.1, -0.05) is 34.1 Å². The second-order valence-electron chi connectivity index (χ2n) is 8.46. The molecule has 6 rings (SSSR count). The minimum Gasteiger partial charge on any atom is -0.453 e. The van der Waals surface area contributed by atoms with Gasteiger partial charge in [0, 0.05) is 21.7 Å². The maximum absolute atomic E-state index is 13.5. The van der Waals surface area contributed by atoms with E-state index in [4.69, 9.17) is 4.42 Å².